The van der Waals surface area contributed by atoms with Crippen molar-refractivity contribution in [3.63, 3.8) is 0 Å². The van der Waals surface area contributed by atoms with E-state index in [-0.39, 0.29) is 0 Å². The molecule has 1 unspecified atom stereocenters. The molecule has 0 saturated carbocycles. The van der Waals surface area contributed by atoms with Crippen molar-refractivity contribution in [1.82, 2.24) is 14.8 Å². The quantitative estimate of drug-likeness (QED) is 0.820. The average Bonchev–Trinajstić information content (AvgIpc) is 2.63. The molecule has 1 atom stereocenters. The minimum Gasteiger partial charge on any atom is -0.306 e. The molecular formula is C13H20ClN3. The van der Waals surface area contributed by atoms with Gasteiger partial charge >= 0.3 is 0 Å². The van der Waals surface area contributed by atoms with Crippen LogP contribution in [0.4, 0.5) is 0 Å². The third-order valence-corrected chi connectivity index (χ3v) is 3.50. The summed E-state index contributed by atoms with van der Waals surface area (Å²) < 4.78 is 0. The van der Waals surface area contributed by atoms with Crippen molar-refractivity contribution >= 4 is 11.6 Å². The Balaban J connectivity index is 1.83. The summed E-state index contributed by atoms with van der Waals surface area (Å²) in [6.45, 7) is 4.46. The molecule has 0 N–H and O–H groups in total. The molecule has 0 aliphatic carbocycles. The Bertz CT molecular complexity index is 369. The normalized spacial score (nSPS) is 21.3. The molecule has 3 nitrogen and oxygen atoms in total. The van der Waals surface area contributed by atoms with Crippen LogP contribution in [-0.4, -0.2) is 48.5 Å². The van der Waals surface area contributed by atoms with Crippen LogP contribution in [0.15, 0.2) is 18.3 Å². The van der Waals surface area contributed by atoms with Gasteiger partial charge in [-0.25, -0.2) is 0 Å². The smallest absolute Gasteiger partial charge is 0.0558 e. The van der Waals surface area contributed by atoms with Crippen molar-refractivity contribution in [2.75, 3.05) is 33.7 Å². The van der Waals surface area contributed by atoms with Gasteiger partial charge in [0.25, 0.3) is 0 Å². The van der Waals surface area contributed by atoms with Crippen LogP contribution < -0.4 is 0 Å². The molecule has 0 aromatic carbocycles. The summed E-state index contributed by atoms with van der Waals surface area (Å²) in [4.78, 5) is 9.07. The topological polar surface area (TPSA) is 19.4 Å². The number of halogens is 1. The van der Waals surface area contributed by atoms with Crippen molar-refractivity contribution in [3.8, 4) is 0 Å². The standard InChI is InChI=1S/C13H20ClN3/c1-16-6-4-11(8-16)9-17(2)10-13-7-12(14)3-5-15-13/h3,5,7,11H,4,6,8-10H2,1-2H3. The van der Waals surface area contributed by atoms with Gasteiger partial charge in [0.05, 0.1) is 5.69 Å². The Morgan fingerprint density at radius 3 is 3.06 bits per heavy atom. The molecule has 1 fully saturated rings. The SMILES string of the molecule is CN1CCC(CN(C)Cc2cc(Cl)ccn2)C1. The number of rotatable bonds is 4. The van der Waals surface area contributed by atoms with Crippen molar-refractivity contribution in [1.29, 1.82) is 0 Å². The zero-order chi connectivity index (χ0) is 12.3. The molecule has 2 rings (SSSR count). The highest BCUT2D eigenvalue weighted by molar-refractivity contribution is 6.30. The highest BCUT2D eigenvalue weighted by atomic mass is 35.5. The van der Waals surface area contributed by atoms with Gasteiger partial charge in [-0.2, -0.15) is 0 Å². The second kappa shape index (κ2) is 5.80. The first kappa shape index (κ1) is 12.8. The van der Waals surface area contributed by atoms with Crippen LogP contribution in [0.5, 0.6) is 0 Å². The maximum atomic E-state index is 5.95. The maximum Gasteiger partial charge on any atom is 0.0558 e. The van der Waals surface area contributed by atoms with E-state index in [1.165, 1.54) is 19.5 Å². The molecule has 1 aromatic heterocycles. The second-order valence-electron chi connectivity index (χ2n) is 5.08. The number of hydrogen-bond acceptors (Lipinski definition) is 3. The Labute approximate surface area is 108 Å². The predicted molar refractivity (Wildman–Crippen MR) is 71.2 cm³/mol. The van der Waals surface area contributed by atoms with E-state index in [9.17, 15) is 0 Å². The van der Waals surface area contributed by atoms with Crippen LogP contribution >= 0.6 is 11.6 Å². The van der Waals surface area contributed by atoms with Gasteiger partial charge in [-0.15, -0.1) is 0 Å². The minimum atomic E-state index is 0.768. The van der Waals surface area contributed by atoms with Crippen molar-refractivity contribution in [2.45, 2.75) is 13.0 Å². The van der Waals surface area contributed by atoms with Gasteiger partial charge < -0.3 is 9.80 Å². The molecule has 1 aliphatic heterocycles. The van der Waals surface area contributed by atoms with E-state index in [0.717, 1.165) is 29.7 Å². The van der Waals surface area contributed by atoms with Gasteiger partial charge in [-0.1, -0.05) is 11.6 Å². The summed E-state index contributed by atoms with van der Waals surface area (Å²) in [7, 11) is 4.35. The Kier molecular flexibility index (Phi) is 4.37. The van der Waals surface area contributed by atoms with E-state index < -0.39 is 0 Å². The van der Waals surface area contributed by atoms with E-state index in [4.69, 9.17) is 11.6 Å². The highest BCUT2D eigenvalue weighted by Crippen LogP contribution is 2.16. The molecule has 17 heavy (non-hydrogen) atoms. The van der Waals surface area contributed by atoms with E-state index >= 15 is 0 Å². The zero-order valence-corrected chi connectivity index (χ0v) is 11.3. The molecule has 4 heteroatoms. The molecule has 2 heterocycles. The van der Waals surface area contributed by atoms with Crippen LogP contribution in [0.2, 0.25) is 5.02 Å². The molecule has 0 spiro atoms. The fraction of sp³-hybridized carbons (Fsp3) is 0.615. The van der Waals surface area contributed by atoms with Crippen LogP contribution in [0, 0.1) is 5.92 Å². The summed E-state index contributed by atoms with van der Waals surface area (Å²) in [5.74, 6) is 0.796. The number of hydrogen-bond donors (Lipinski definition) is 0. The Hall–Kier alpha value is -0.640. The number of pyridine rings is 1. The highest BCUT2D eigenvalue weighted by Gasteiger charge is 2.20. The summed E-state index contributed by atoms with van der Waals surface area (Å²) in [6, 6.07) is 3.76. The molecule has 0 radical (unpaired) electrons. The summed E-state index contributed by atoms with van der Waals surface area (Å²) >= 11 is 5.95. The van der Waals surface area contributed by atoms with Crippen LogP contribution in [0.25, 0.3) is 0 Å². The Morgan fingerprint density at radius 1 is 1.59 bits per heavy atom. The Morgan fingerprint density at radius 2 is 2.41 bits per heavy atom. The average molecular weight is 254 g/mol. The van der Waals surface area contributed by atoms with Gasteiger partial charge in [0, 0.05) is 30.9 Å². The molecule has 1 aromatic rings. The molecule has 0 amide bonds. The van der Waals surface area contributed by atoms with Crippen LogP contribution in [0.1, 0.15) is 12.1 Å². The molecule has 1 saturated heterocycles. The van der Waals surface area contributed by atoms with Gasteiger partial charge in [0.2, 0.25) is 0 Å². The minimum absolute atomic E-state index is 0.768. The van der Waals surface area contributed by atoms with Crippen molar-refractivity contribution in [2.24, 2.45) is 5.92 Å². The third kappa shape index (κ3) is 3.95. The van der Waals surface area contributed by atoms with Gasteiger partial charge in [0.1, 0.15) is 0 Å². The maximum absolute atomic E-state index is 5.95. The molecular weight excluding hydrogens is 234 g/mol. The van der Waals surface area contributed by atoms with E-state index in [0.29, 0.717) is 0 Å². The molecule has 94 valence electrons. The first-order chi connectivity index (χ1) is 8.13. The lowest BCUT2D eigenvalue weighted by atomic mass is 10.1. The fourth-order valence-corrected chi connectivity index (χ4v) is 2.67. The number of nitrogens with zero attached hydrogens (tertiary/aromatic N) is 3. The van der Waals surface area contributed by atoms with Crippen molar-refractivity contribution < 1.29 is 0 Å². The van der Waals surface area contributed by atoms with E-state index in [2.05, 4.69) is 28.9 Å². The van der Waals surface area contributed by atoms with E-state index in [1.54, 1.807) is 6.20 Å². The zero-order valence-electron chi connectivity index (χ0n) is 10.6. The monoisotopic (exact) mass is 253 g/mol. The van der Waals surface area contributed by atoms with Gasteiger partial charge in [-0.05, 0) is 45.1 Å². The lowest BCUT2D eigenvalue weighted by molar-refractivity contribution is 0.265. The predicted octanol–water partition coefficient (Wildman–Crippen LogP) is 2.12. The van der Waals surface area contributed by atoms with Gasteiger partial charge in [-0.3, -0.25) is 4.98 Å². The summed E-state index contributed by atoms with van der Waals surface area (Å²) in [5, 5.41) is 0.768. The second-order valence-corrected chi connectivity index (χ2v) is 5.52. The van der Waals surface area contributed by atoms with E-state index in [1.807, 2.05) is 12.1 Å². The summed E-state index contributed by atoms with van der Waals surface area (Å²) in [6.07, 6.45) is 3.08. The molecule has 1 aliphatic rings. The van der Waals surface area contributed by atoms with Crippen LogP contribution in [0.3, 0.4) is 0 Å². The number of aromatic nitrogens is 1. The van der Waals surface area contributed by atoms with Gasteiger partial charge in [0.15, 0.2) is 0 Å². The molecule has 0 bridgehead atoms. The summed E-state index contributed by atoms with van der Waals surface area (Å²) in [5.41, 5.74) is 1.05. The lowest BCUT2D eigenvalue weighted by Crippen LogP contribution is -2.27. The number of likely N-dealkylation sites (tertiary alicyclic amines) is 1. The first-order valence-corrected chi connectivity index (χ1v) is 6.49. The largest absolute Gasteiger partial charge is 0.306 e. The fourth-order valence-electron chi connectivity index (χ4n) is 2.49. The van der Waals surface area contributed by atoms with Crippen LogP contribution in [-0.2, 0) is 6.54 Å². The van der Waals surface area contributed by atoms with Crippen molar-refractivity contribution in [3.05, 3.63) is 29.0 Å². The third-order valence-electron chi connectivity index (χ3n) is 3.27. The first-order valence-electron chi connectivity index (χ1n) is 6.11. The lowest BCUT2D eigenvalue weighted by Gasteiger charge is -2.20.